The van der Waals surface area contributed by atoms with Gasteiger partial charge in [0.2, 0.25) is 0 Å². The summed E-state index contributed by atoms with van der Waals surface area (Å²) < 4.78 is 21.2. The van der Waals surface area contributed by atoms with Crippen molar-refractivity contribution in [3.63, 3.8) is 0 Å². The zero-order valence-electron chi connectivity index (χ0n) is 6.89. The number of nitrogens with one attached hydrogen (secondary N) is 2. The van der Waals surface area contributed by atoms with Gasteiger partial charge in [0.25, 0.3) is 0 Å². The molecule has 3 nitrogen and oxygen atoms in total. The standard InChI is InChI=1S/C4H7N3/c1-5-4-2-6-7-3-4/h2-3,5H,1H3,(H,6,7)/i2D,3D/hD. The summed E-state index contributed by atoms with van der Waals surface area (Å²) in [5.41, 5.74) is 0.287. The number of rotatable bonds is 1. The van der Waals surface area contributed by atoms with Gasteiger partial charge < -0.3 is 5.32 Å². The van der Waals surface area contributed by atoms with E-state index in [0.717, 1.165) is 0 Å². The molecule has 3 heteroatoms. The Hall–Kier alpha value is -0.990. The third-order valence-corrected chi connectivity index (χ3v) is 0.624. The molecular formula is C4H7N3. The topological polar surface area (TPSA) is 40.7 Å². The van der Waals surface area contributed by atoms with E-state index in [9.17, 15) is 0 Å². The summed E-state index contributed by atoms with van der Waals surface area (Å²) in [5.74, 6) is 0. The number of nitrogens with zero attached hydrogens (tertiary/aromatic N) is 1. The van der Waals surface area contributed by atoms with Crippen molar-refractivity contribution in [2.45, 2.75) is 0 Å². The fraction of sp³-hybridized carbons (Fsp3) is 0.250. The van der Waals surface area contributed by atoms with Crippen LogP contribution in [-0.2, 0) is 0 Å². The molecular weight excluding hydrogens is 90.1 g/mol. The lowest BCUT2D eigenvalue weighted by atomic mass is 10.6. The van der Waals surface area contributed by atoms with Crippen LogP contribution in [0.15, 0.2) is 12.3 Å². The number of aromatic nitrogens is 2. The molecule has 38 valence electrons. The predicted octanol–water partition coefficient (Wildman–Crippen LogP) is 0.451. The first kappa shape index (κ1) is 1.86. The Morgan fingerprint density at radius 1 is 2.29 bits per heavy atom. The monoisotopic (exact) mass is 100 g/mol. The van der Waals surface area contributed by atoms with Gasteiger partial charge in [0.05, 0.1) is 14.6 Å². The molecule has 2 N–H and O–H groups in total. The van der Waals surface area contributed by atoms with E-state index >= 15 is 0 Å². The molecule has 0 fully saturated rings. The highest BCUT2D eigenvalue weighted by molar-refractivity contribution is 5.35. The Labute approximate surface area is 46.0 Å². The molecule has 0 bridgehead atoms. The fourth-order valence-corrected chi connectivity index (χ4v) is 0.287. The van der Waals surface area contributed by atoms with Crippen molar-refractivity contribution in [3.05, 3.63) is 12.3 Å². The Bertz CT molecular complexity index is 244. The van der Waals surface area contributed by atoms with E-state index < -0.39 is 0 Å². The van der Waals surface area contributed by atoms with Gasteiger partial charge >= 0.3 is 0 Å². The molecule has 7 heavy (non-hydrogen) atoms. The van der Waals surface area contributed by atoms with Gasteiger partial charge in [-0.3, -0.25) is 5.09 Å². The second kappa shape index (κ2) is 1.64. The third kappa shape index (κ3) is 0.707. The van der Waals surface area contributed by atoms with Crippen LogP contribution in [0.2, 0.25) is 1.41 Å². The maximum Gasteiger partial charge on any atom is 0.189 e. The van der Waals surface area contributed by atoms with Gasteiger partial charge in [0.15, 0.2) is 1.41 Å². The normalized spacial score (nSPS) is 14.7. The summed E-state index contributed by atoms with van der Waals surface area (Å²) in [6, 6.07) is 0. The maximum atomic E-state index is 7.15. The number of anilines is 1. The average molecular weight is 100 g/mol. The maximum absolute atomic E-state index is 7.15. The van der Waals surface area contributed by atoms with Crippen LogP contribution in [0.1, 0.15) is 2.74 Å². The first-order chi connectivity index (χ1) is 4.66. The van der Waals surface area contributed by atoms with Gasteiger partial charge in [-0.25, -0.2) is 0 Å². The molecule has 0 spiro atoms. The second-order valence-corrected chi connectivity index (χ2v) is 1.05. The van der Waals surface area contributed by atoms with Gasteiger partial charge in [-0.2, -0.15) is 5.10 Å². The molecule has 0 aliphatic rings. The van der Waals surface area contributed by atoms with Crippen LogP contribution in [0, 0.1) is 0 Å². The number of H-pyrrole nitrogens is 1. The van der Waals surface area contributed by atoms with Gasteiger partial charge in [-0.05, 0) is 0 Å². The molecule has 0 saturated heterocycles. The molecule has 0 aliphatic heterocycles. The lowest BCUT2D eigenvalue weighted by molar-refractivity contribution is 1.09. The molecule has 0 aliphatic carbocycles. The van der Waals surface area contributed by atoms with Gasteiger partial charge in [-0.15, -0.1) is 0 Å². The van der Waals surface area contributed by atoms with Crippen LogP contribution in [0.25, 0.3) is 0 Å². The predicted molar refractivity (Wildman–Crippen MR) is 28.1 cm³/mol. The smallest absolute Gasteiger partial charge is 0.189 e. The minimum absolute atomic E-state index is 0.0671. The molecule has 1 heterocycles. The number of hydrogen-bond donors (Lipinski definition) is 2. The van der Waals surface area contributed by atoms with Crippen molar-refractivity contribution in [1.29, 1.82) is 0 Å². The van der Waals surface area contributed by atoms with E-state index in [1.165, 1.54) is 0 Å². The van der Waals surface area contributed by atoms with Gasteiger partial charge in [-0.1, -0.05) is 0 Å². The summed E-state index contributed by atoms with van der Waals surface area (Å²) in [7, 11) is 1.59. The average Bonchev–Trinajstić information content (AvgIpc) is 2.09. The summed E-state index contributed by atoms with van der Waals surface area (Å²) >= 11 is 0. The second-order valence-electron chi connectivity index (χ2n) is 1.05. The highest BCUT2D eigenvalue weighted by Crippen LogP contribution is 1.96. The Balaban J connectivity index is 3.20. The Morgan fingerprint density at radius 2 is 3.14 bits per heavy atom. The van der Waals surface area contributed by atoms with Crippen LogP contribution in [-0.4, -0.2) is 17.2 Å². The van der Waals surface area contributed by atoms with Crippen molar-refractivity contribution in [2.24, 2.45) is 0 Å². The zero-order chi connectivity index (χ0) is 7.72. The van der Waals surface area contributed by atoms with Crippen LogP contribution < -0.4 is 5.32 Å². The highest BCUT2D eigenvalue weighted by Gasteiger charge is 1.80. The van der Waals surface area contributed by atoms with E-state index in [0.29, 0.717) is 5.09 Å². The van der Waals surface area contributed by atoms with E-state index in [-0.39, 0.29) is 18.0 Å². The molecule has 0 saturated carbocycles. The molecule has 0 aromatic carbocycles. The molecule has 1 aromatic rings. The summed E-state index contributed by atoms with van der Waals surface area (Å²) in [4.78, 5) is 0. The Morgan fingerprint density at radius 3 is 3.43 bits per heavy atom. The number of aromatic amines is 1. The largest absolute Gasteiger partial charge is 0.386 e. The van der Waals surface area contributed by atoms with Crippen LogP contribution in [0.3, 0.4) is 0 Å². The van der Waals surface area contributed by atoms with Crippen molar-refractivity contribution in [1.82, 2.24) is 10.2 Å². The quantitative estimate of drug-likeness (QED) is 0.538. The SMILES string of the molecule is [2H]c1nn([2H])c([2H])c1NC. The molecule has 0 radical (unpaired) electrons. The molecule has 0 unspecified atom stereocenters. The van der Waals surface area contributed by atoms with E-state index in [2.05, 4.69) is 10.4 Å². The van der Waals surface area contributed by atoms with E-state index in [1.54, 1.807) is 7.05 Å². The van der Waals surface area contributed by atoms with Gasteiger partial charge in [0.1, 0.15) is 0 Å². The van der Waals surface area contributed by atoms with E-state index in [4.69, 9.17) is 4.15 Å². The van der Waals surface area contributed by atoms with Crippen LogP contribution in [0.4, 0.5) is 5.69 Å². The fourth-order valence-electron chi connectivity index (χ4n) is 0.287. The zero-order valence-corrected chi connectivity index (χ0v) is 3.89. The van der Waals surface area contributed by atoms with Crippen molar-refractivity contribution in [3.8, 4) is 0 Å². The summed E-state index contributed by atoms with van der Waals surface area (Å²) in [6.45, 7) is 0. The van der Waals surface area contributed by atoms with Crippen LogP contribution >= 0.6 is 0 Å². The lowest BCUT2D eigenvalue weighted by Gasteiger charge is -1.84. The lowest BCUT2D eigenvalue weighted by Crippen LogP contribution is -1.81. The van der Waals surface area contributed by atoms with Crippen molar-refractivity contribution in [2.75, 3.05) is 12.4 Å². The van der Waals surface area contributed by atoms with Crippen molar-refractivity contribution < 1.29 is 4.15 Å². The third-order valence-electron chi connectivity index (χ3n) is 0.624. The highest BCUT2D eigenvalue weighted by atomic mass is 15.1. The molecule has 1 aromatic heterocycles. The van der Waals surface area contributed by atoms with Crippen LogP contribution in [0.5, 0.6) is 0 Å². The molecule has 1 rings (SSSR count). The minimum Gasteiger partial charge on any atom is -0.386 e. The first-order valence-electron chi connectivity index (χ1n) is 3.34. The minimum atomic E-state index is -0.0903. The van der Waals surface area contributed by atoms with Crippen molar-refractivity contribution >= 4 is 5.69 Å². The summed E-state index contributed by atoms with van der Waals surface area (Å²) in [6.07, 6.45) is -0.157. The summed E-state index contributed by atoms with van der Waals surface area (Å²) in [5, 5.41) is 6.59. The Kier molecular flexibility index (Phi) is 0.435. The number of hydrogen-bond acceptors (Lipinski definition) is 2. The van der Waals surface area contributed by atoms with Gasteiger partial charge in [0, 0.05) is 13.2 Å². The van der Waals surface area contributed by atoms with E-state index in [1.807, 2.05) is 0 Å². The first-order valence-corrected chi connectivity index (χ1v) is 1.90. The molecule has 0 amide bonds. The molecule has 0 atom stereocenters.